The number of carbonyl (C=O) groups excluding carboxylic acids is 1. The topological polar surface area (TPSA) is 67.8 Å². The molecule has 1 saturated carbocycles. The van der Waals surface area contributed by atoms with E-state index in [4.69, 9.17) is 9.47 Å². The third kappa shape index (κ3) is 2.33. The van der Waals surface area contributed by atoms with E-state index >= 15 is 0 Å². The third-order valence-corrected chi connectivity index (χ3v) is 4.13. The monoisotopic (exact) mass is 287 g/mol. The summed E-state index contributed by atoms with van der Waals surface area (Å²) >= 11 is 0. The summed E-state index contributed by atoms with van der Waals surface area (Å²) in [7, 11) is 5.25. The molecule has 1 unspecified atom stereocenters. The van der Waals surface area contributed by atoms with Gasteiger partial charge in [-0.05, 0) is 0 Å². The summed E-state index contributed by atoms with van der Waals surface area (Å²) in [4.78, 5) is 11.7. The number of ether oxygens (including phenoxy) is 2. The maximum atomic E-state index is 11.7. The number of rotatable bonds is 3. The molecular formula is C15H18BNO4. The molecule has 1 fully saturated rings. The summed E-state index contributed by atoms with van der Waals surface area (Å²) in [6, 6.07) is 3.79. The Labute approximate surface area is 124 Å². The first-order chi connectivity index (χ1) is 10.2. The summed E-state index contributed by atoms with van der Waals surface area (Å²) in [6.45, 7) is 0. The fourth-order valence-electron chi connectivity index (χ4n) is 3.23. The zero-order valence-electron chi connectivity index (χ0n) is 12.1. The Balaban J connectivity index is 2.10. The molecule has 1 aliphatic heterocycles. The second-order valence-corrected chi connectivity index (χ2v) is 5.42. The zero-order valence-corrected chi connectivity index (χ0v) is 12.1. The fourth-order valence-corrected chi connectivity index (χ4v) is 3.23. The molecule has 3 rings (SSSR count). The van der Waals surface area contributed by atoms with Crippen molar-refractivity contribution in [3.05, 3.63) is 23.3 Å². The van der Waals surface area contributed by atoms with Crippen LogP contribution in [0.5, 0.6) is 11.5 Å². The van der Waals surface area contributed by atoms with Crippen LogP contribution in [0.15, 0.2) is 12.1 Å². The zero-order chi connectivity index (χ0) is 15.0. The molecule has 110 valence electrons. The van der Waals surface area contributed by atoms with E-state index in [1.54, 1.807) is 7.11 Å². The van der Waals surface area contributed by atoms with E-state index in [-0.39, 0.29) is 24.2 Å². The molecule has 1 aromatic carbocycles. The molecule has 21 heavy (non-hydrogen) atoms. The quantitative estimate of drug-likeness (QED) is 0.780. The number of hydrogen-bond acceptors (Lipinski definition) is 5. The summed E-state index contributed by atoms with van der Waals surface area (Å²) in [5.41, 5.74) is 1.91. The first kappa shape index (κ1) is 14.1. The standard InChI is InChI=1S/C15H18BNO4/c1-17-16-7-8-3-4-11(20-2)15-13(8)14-10(19)5-9(18)6-12(14)21-15/h3-4,7,10,12,14,17,19H,5-6H2,1-2H3/t10-,12-,14?/m0/s1. The Kier molecular flexibility index (Phi) is 3.72. The first-order valence-corrected chi connectivity index (χ1v) is 7.06. The normalized spacial score (nSPS) is 26.8. The van der Waals surface area contributed by atoms with Gasteiger partial charge >= 0.3 is 123 Å². The van der Waals surface area contributed by atoms with Gasteiger partial charge in [-0.15, -0.1) is 0 Å². The molecule has 1 aliphatic carbocycles. The first-order valence-electron chi connectivity index (χ1n) is 7.06. The van der Waals surface area contributed by atoms with Gasteiger partial charge in [0.05, 0.1) is 0 Å². The third-order valence-electron chi connectivity index (χ3n) is 4.13. The van der Waals surface area contributed by atoms with Crippen LogP contribution in [-0.4, -0.2) is 50.3 Å². The fraction of sp³-hybridized carbons (Fsp3) is 0.467. The molecule has 2 aliphatic rings. The number of carbonyl (C=O) groups is 1. The predicted octanol–water partition coefficient (Wildman–Crippen LogP) is 0.252. The van der Waals surface area contributed by atoms with Crippen LogP contribution < -0.4 is 14.7 Å². The average Bonchev–Trinajstić information content (AvgIpc) is 2.84. The number of fused-ring (bicyclic) bond motifs is 3. The van der Waals surface area contributed by atoms with Gasteiger partial charge in [-0.25, -0.2) is 0 Å². The minimum atomic E-state index is -0.702. The minimum absolute atomic E-state index is 0.0443. The number of aliphatic hydroxyl groups is 1. The SMILES string of the molecule is CN/B=C/c1ccc(OC)c2c1C1[C@H](CC(=O)C[C@@H]1O)O2. The van der Waals surface area contributed by atoms with Crippen molar-refractivity contribution in [3.63, 3.8) is 0 Å². The van der Waals surface area contributed by atoms with Crippen LogP contribution in [0.1, 0.15) is 29.9 Å². The van der Waals surface area contributed by atoms with Crippen molar-refractivity contribution < 1.29 is 19.4 Å². The van der Waals surface area contributed by atoms with Crippen molar-refractivity contribution in [2.24, 2.45) is 0 Å². The van der Waals surface area contributed by atoms with Gasteiger partial charge in [0.25, 0.3) is 0 Å². The number of hydrogen-bond donors (Lipinski definition) is 2. The average molecular weight is 287 g/mol. The van der Waals surface area contributed by atoms with E-state index in [0.29, 0.717) is 17.9 Å². The second-order valence-electron chi connectivity index (χ2n) is 5.42. The number of Topliss-reactive ketones (excluding diaryl/α,β-unsaturated/α-hetero) is 1. The molecule has 0 saturated heterocycles. The van der Waals surface area contributed by atoms with Gasteiger partial charge in [0.1, 0.15) is 0 Å². The molecule has 0 bridgehead atoms. The van der Waals surface area contributed by atoms with E-state index in [1.807, 2.05) is 32.2 Å². The van der Waals surface area contributed by atoms with Gasteiger partial charge < -0.3 is 0 Å². The van der Waals surface area contributed by atoms with Gasteiger partial charge in [-0.2, -0.15) is 0 Å². The maximum absolute atomic E-state index is 11.7. The molecular weight excluding hydrogens is 269 g/mol. The van der Waals surface area contributed by atoms with Crippen molar-refractivity contribution in [1.29, 1.82) is 0 Å². The van der Waals surface area contributed by atoms with Crippen molar-refractivity contribution in [3.8, 4) is 11.5 Å². The molecule has 0 aromatic heterocycles. The molecule has 5 nitrogen and oxygen atoms in total. The molecule has 1 aromatic rings. The van der Waals surface area contributed by atoms with Crippen molar-refractivity contribution >= 4 is 18.8 Å². The Bertz CT molecular complexity index is 602. The molecule has 6 heteroatoms. The number of nitrogens with one attached hydrogen (secondary N) is 1. The predicted molar refractivity (Wildman–Crippen MR) is 80.4 cm³/mol. The van der Waals surface area contributed by atoms with Crippen LogP contribution in [0.25, 0.3) is 0 Å². The number of aliphatic hydroxyl groups excluding tert-OH is 1. The molecule has 2 N–H and O–H groups in total. The molecule has 0 amide bonds. The molecule has 0 spiro atoms. The summed E-state index contributed by atoms with van der Waals surface area (Å²) in [5.74, 6) is 3.10. The van der Waals surface area contributed by atoms with E-state index in [1.165, 1.54) is 0 Å². The van der Waals surface area contributed by atoms with Crippen molar-refractivity contribution in [2.45, 2.75) is 31.0 Å². The summed E-state index contributed by atoms with van der Waals surface area (Å²) in [6.07, 6.45) is -0.467. The Hall–Kier alpha value is -1.82. The van der Waals surface area contributed by atoms with Gasteiger partial charge in [0, 0.05) is 0 Å². The molecule has 1 heterocycles. The van der Waals surface area contributed by atoms with E-state index in [9.17, 15) is 9.90 Å². The Morgan fingerprint density at radius 3 is 3.00 bits per heavy atom. The van der Waals surface area contributed by atoms with Gasteiger partial charge in [-0.1, -0.05) is 0 Å². The number of methoxy groups -OCH3 is 1. The Morgan fingerprint density at radius 1 is 1.48 bits per heavy atom. The molecule has 0 radical (unpaired) electrons. The van der Waals surface area contributed by atoms with Crippen molar-refractivity contribution in [2.75, 3.05) is 14.2 Å². The van der Waals surface area contributed by atoms with E-state index in [2.05, 4.69) is 5.23 Å². The van der Waals surface area contributed by atoms with Crippen molar-refractivity contribution in [1.82, 2.24) is 5.23 Å². The Morgan fingerprint density at radius 2 is 2.29 bits per heavy atom. The van der Waals surface area contributed by atoms with E-state index in [0.717, 1.165) is 11.1 Å². The van der Waals surface area contributed by atoms with E-state index < -0.39 is 6.10 Å². The summed E-state index contributed by atoms with van der Waals surface area (Å²) < 4.78 is 11.3. The number of ketones is 1. The van der Waals surface area contributed by atoms with Crippen LogP contribution >= 0.6 is 0 Å². The van der Waals surface area contributed by atoms with Crippen LogP contribution in [0.4, 0.5) is 0 Å². The van der Waals surface area contributed by atoms with Gasteiger partial charge in [0.15, 0.2) is 0 Å². The van der Waals surface area contributed by atoms with Crippen LogP contribution in [0, 0.1) is 0 Å². The van der Waals surface area contributed by atoms with Crippen LogP contribution in [-0.2, 0) is 4.79 Å². The van der Waals surface area contributed by atoms with Gasteiger partial charge in [0.2, 0.25) is 0 Å². The second kappa shape index (κ2) is 5.52. The summed E-state index contributed by atoms with van der Waals surface area (Å²) in [5, 5.41) is 13.3. The molecule has 3 atom stereocenters. The van der Waals surface area contributed by atoms with Crippen LogP contribution in [0.2, 0.25) is 0 Å². The van der Waals surface area contributed by atoms with Crippen LogP contribution in [0.3, 0.4) is 0 Å². The number of benzene rings is 1. The van der Waals surface area contributed by atoms with Gasteiger partial charge in [-0.3, -0.25) is 0 Å².